The smallest absolute Gasteiger partial charge is 0.131 e. The van der Waals surface area contributed by atoms with Crippen LogP contribution < -0.4 is 5.32 Å². The van der Waals surface area contributed by atoms with Crippen molar-refractivity contribution in [1.29, 1.82) is 0 Å². The summed E-state index contributed by atoms with van der Waals surface area (Å²) in [5.41, 5.74) is -0.269. The molecule has 1 rings (SSSR count). The summed E-state index contributed by atoms with van der Waals surface area (Å²) in [6.07, 6.45) is -1.18. The van der Waals surface area contributed by atoms with Gasteiger partial charge < -0.3 is 10.4 Å². The maximum atomic E-state index is 13.5. The van der Waals surface area contributed by atoms with E-state index in [9.17, 15) is 13.9 Å². The molecule has 0 saturated carbocycles. The molecule has 0 aliphatic rings. The molecule has 0 amide bonds. The van der Waals surface area contributed by atoms with Gasteiger partial charge in [0.25, 0.3) is 0 Å². The number of rotatable bonds is 8. The van der Waals surface area contributed by atoms with Gasteiger partial charge in [-0.05, 0) is 39.8 Å². The van der Waals surface area contributed by atoms with E-state index in [2.05, 4.69) is 37.9 Å². The van der Waals surface area contributed by atoms with Crippen molar-refractivity contribution in [3.63, 3.8) is 0 Å². The van der Waals surface area contributed by atoms with Crippen LogP contribution in [0.4, 0.5) is 8.78 Å². The molecule has 120 valence electrons. The Balaban J connectivity index is 2.45. The Morgan fingerprint density at radius 3 is 2.10 bits per heavy atom. The first-order valence-electron chi connectivity index (χ1n) is 7.43. The lowest BCUT2D eigenvalue weighted by Crippen LogP contribution is -2.42. The monoisotopic (exact) mass is 300 g/mol. The minimum absolute atomic E-state index is 0.127. The number of hydrogen-bond acceptors (Lipinski definition) is 3. The summed E-state index contributed by atoms with van der Waals surface area (Å²) in [7, 11) is 0. The summed E-state index contributed by atoms with van der Waals surface area (Å²) in [6.45, 7) is 10.1. The fourth-order valence-corrected chi connectivity index (χ4v) is 2.49. The van der Waals surface area contributed by atoms with Gasteiger partial charge in [-0.2, -0.15) is 0 Å². The Morgan fingerprint density at radius 2 is 1.62 bits per heavy atom. The van der Waals surface area contributed by atoms with Crippen LogP contribution in [-0.4, -0.2) is 41.7 Å². The van der Waals surface area contributed by atoms with Gasteiger partial charge in [0.05, 0.1) is 11.7 Å². The Hall–Kier alpha value is -1.04. The second-order valence-corrected chi connectivity index (χ2v) is 5.78. The van der Waals surface area contributed by atoms with Gasteiger partial charge >= 0.3 is 0 Å². The highest BCUT2D eigenvalue weighted by molar-refractivity contribution is 5.22. The van der Waals surface area contributed by atoms with Crippen LogP contribution in [0.1, 0.15) is 39.4 Å². The first-order valence-corrected chi connectivity index (χ1v) is 7.43. The van der Waals surface area contributed by atoms with Gasteiger partial charge in [0.2, 0.25) is 0 Å². The molecule has 1 aromatic carbocycles. The van der Waals surface area contributed by atoms with Crippen LogP contribution in [-0.2, 0) is 0 Å². The molecule has 0 aromatic heterocycles. The molecule has 0 radical (unpaired) electrons. The summed E-state index contributed by atoms with van der Waals surface area (Å²) >= 11 is 0. The molecular weight excluding hydrogens is 274 g/mol. The fraction of sp³-hybridized carbons (Fsp3) is 0.625. The van der Waals surface area contributed by atoms with E-state index >= 15 is 0 Å². The molecule has 1 unspecified atom stereocenters. The van der Waals surface area contributed by atoms with E-state index in [1.807, 2.05) is 0 Å². The zero-order valence-electron chi connectivity index (χ0n) is 13.2. The van der Waals surface area contributed by atoms with E-state index in [0.717, 1.165) is 18.7 Å². The predicted octanol–water partition coefficient (Wildman–Crippen LogP) is 2.71. The molecule has 3 nitrogen and oxygen atoms in total. The largest absolute Gasteiger partial charge is 0.387 e. The molecule has 0 aliphatic carbocycles. The zero-order valence-corrected chi connectivity index (χ0v) is 13.2. The second-order valence-electron chi connectivity index (χ2n) is 5.78. The Kier molecular flexibility index (Phi) is 7.22. The number of benzene rings is 1. The maximum absolute atomic E-state index is 13.5. The van der Waals surface area contributed by atoms with Crippen molar-refractivity contribution in [2.75, 3.05) is 19.6 Å². The number of halogens is 2. The molecule has 1 aromatic rings. The van der Waals surface area contributed by atoms with E-state index in [1.54, 1.807) is 0 Å². The normalized spacial score (nSPS) is 13.4. The molecule has 1 atom stereocenters. The second kappa shape index (κ2) is 8.41. The highest BCUT2D eigenvalue weighted by atomic mass is 19.1. The van der Waals surface area contributed by atoms with E-state index in [1.165, 1.54) is 6.07 Å². The van der Waals surface area contributed by atoms with E-state index in [0.29, 0.717) is 18.6 Å². The van der Waals surface area contributed by atoms with Gasteiger partial charge in [-0.3, -0.25) is 4.90 Å². The topological polar surface area (TPSA) is 35.5 Å². The minimum atomic E-state index is -1.18. The standard InChI is InChI=1S/C16H26F2N2O/c1-11(2)20(12(3)4)9-8-19-10-15(21)16-13(17)6-5-7-14(16)18/h5-7,11-12,15,19,21H,8-10H2,1-4H3. The van der Waals surface area contributed by atoms with Crippen molar-refractivity contribution in [2.45, 2.75) is 45.9 Å². The Labute approximate surface area is 126 Å². The third kappa shape index (κ3) is 5.34. The summed E-state index contributed by atoms with van der Waals surface area (Å²) in [4.78, 5) is 2.31. The average molecular weight is 300 g/mol. The van der Waals surface area contributed by atoms with Crippen LogP contribution >= 0.6 is 0 Å². The summed E-state index contributed by atoms with van der Waals surface area (Å²) < 4.78 is 27.0. The van der Waals surface area contributed by atoms with Crippen LogP contribution in [0.2, 0.25) is 0 Å². The first kappa shape index (κ1) is 18.0. The molecule has 0 saturated heterocycles. The number of nitrogens with zero attached hydrogens (tertiary/aromatic N) is 1. The lowest BCUT2D eigenvalue weighted by Gasteiger charge is -2.30. The Morgan fingerprint density at radius 1 is 1.10 bits per heavy atom. The highest BCUT2D eigenvalue weighted by Gasteiger charge is 2.18. The van der Waals surface area contributed by atoms with Crippen LogP contribution in [0.3, 0.4) is 0 Å². The van der Waals surface area contributed by atoms with Crippen molar-refractivity contribution in [1.82, 2.24) is 10.2 Å². The van der Waals surface area contributed by atoms with E-state index in [4.69, 9.17) is 0 Å². The third-order valence-corrected chi connectivity index (χ3v) is 3.54. The molecule has 5 heteroatoms. The molecule has 21 heavy (non-hydrogen) atoms. The molecule has 0 bridgehead atoms. The molecule has 0 heterocycles. The van der Waals surface area contributed by atoms with E-state index < -0.39 is 17.7 Å². The van der Waals surface area contributed by atoms with Crippen LogP contribution in [0, 0.1) is 11.6 Å². The summed E-state index contributed by atoms with van der Waals surface area (Å²) in [6, 6.07) is 4.46. The summed E-state index contributed by atoms with van der Waals surface area (Å²) in [5.74, 6) is -1.43. The molecule has 0 spiro atoms. The minimum Gasteiger partial charge on any atom is -0.387 e. The van der Waals surface area contributed by atoms with Crippen LogP contribution in [0.15, 0.2) is 18.2 Å². The van der Waals surface area contributed by atoms with E-state index in [-0.39, 0.29) is 12.1 Å². The van der Waals surface area contributed by atoms with Crippen molar-refractivity contribution in [3.8, 4) is 0 Å². The number of nitrogens with one attached hydrogen (secondary N) is 1. The van der Waals surface area contributed by atoms with Crippen LogP contribution in [0.25, 0.3) is 0 Å². The molecule has 0 fully saturated rings. The maximum Gasteiger partial charge on any atom is 0.131 e. The fourth-order valence-electron chi connectivity index (χ4n) is 2.49. The van der Waals surface area contributed by atoms with Gasteiger partial charge in [0.1, 0.15) is 11.6 Å². The van der Waals surface area contributed by atoms with Crippen molar-refractivity contribution < 1.29 is 13.9 Å². The number of aliphatic hydroxyl groups excluding tert-OH is 1. The lowest BCUT2D eigenvalue weighted by atomic mass is 10.1. The summed E-state index contributed by atoms with van der Waals surface area (Å²) in [5, 5.41) is 13.0. The van der Waals surface area contributed by atoms with Crippen LogP contribution in [0.5, 0.6) is 0 Å². The van der Waals surface area contributed by atoms with Gasteiger partial charge in [-0.15, -0.1) is 0 Å². The SMILES string of the molecule is CC(C)N(CCNCC(O)c1c(F)cccc1F)C(C)C. The van der Waals surface area contributed by atoms with Crippen molar-refractivity contribution >= 4 is 0 Å². The van der Waals surface area contributed by atoms with Crippen molar-refractivity contribution in [3.05, 3.63) is 35.4 Å². The Bertz CT molecular complexity index is 410. The van der Waals surface area contributed by atoms with Gasteiger partial charge in [-0.25, -0.2) is 8.78 Å². The predicted molar refractivity (Wildman–Crippen MR) is 81.2 cm³/mol. The lowest BCUT2D eigenvalue weighted by molar-refractivity contribution is 0.152. The number of aliphatic hydroxyl groups is 1. The third-order valence-electron chi connectivity index (χ3n) is 3.54. The molecule has 2 N–H and O–H groups in total. The number of hydrogen-bond donors (Lipinski definition) is 2. The quantitative estimate of drug-likeness (QED) is 0.725. The van der Waals surface area contributed by atoms with Gasteiger partial charge in [0.15, 0.2) is 0 Å². The first-order chi connectivity index (χ1) is 9.84. The zero-order chi connectivity index (χ0) is 16.0. The highest BCUT2D eigenvalue weighted by Crippen LogP contribution is 2.19. The van der Waals surface area contributed by atoms with Gasteiger partial charge in [-0.1, -0.05) is 6.07 Å². The van der Waals surface area contributed by atoms with Gasteiger partial charge in [0, 0.05) is 31.7 Å². The molecular formula is C16H26F2N2O. The van der Waals surface area contributed by atoms with Crippen molar-refractivity contribution in [2.24, 2.45) is 0 Å². The average Bonchev–Trinajstić information content (AvgIpc) is 2.37. The molecule has 0 aliphatic heterocycles.